The number of fused-ring (bicyclic) bond motifs is 1. The fourth-order valence-electron chi connectivity index (χ4n) is 6.53. The molecule has 1 amide bonds. The number of aliphatic hydroxyl groups excluding tert-OH is 1. The second-order valence-corrected chi connectivity index (χ2v) is 12.9. The van der Waals surface area contributed by atoms with Crippen molar-refractivity contribution in [2.75, 3.05) is 27.4 Å². The predicted octanol–water partition coefficient (Wildman–Crippen LogP) is 5.55. The van der Waals surface area contributed by atoms with Gasteiger partial charge in [-0.15, -0.1) is 0 Å². The van der Waals surface area contributed by atoms with E-state index in [-0.39, 0.29) is 74.3 Å². The minimum atomic E-state index is -0.769. The summed E-state index contributed by atoms with van der Waals surface area (Å²) in [7, 11) is 3.11. The molecule has 10 heteroatoms. The quantitative estimate of drug-likeness (QED) is 0.195. The molecule has 0 saturated carbocycles. The van der Waals surface area contributed by atoms with Gasteiger partial charge in [-0.05, 0) is 73.6 Å². The van der Waals surface area contributed by atoms with Crippen LogP contribution in [0.25, 0.3) is 0 Å². The van der Waals surface area contributed by atoms with Crippen LogP contribution in [0.1, 0.15) is 78.7 Å². The van der Waals surface area contributed by atoms with Crippen molar-refractivity contribution >= 4 is 17.8 Å². The molecule has 0 heterocycles. The average molecular weight is 658 g/mol. The van der Waals surface area contributed by atoms with Crippen LogP contribution >= 0.6 is 0 Å². The highest BCUT2D eigenvalue weighted by molar-refractivity contribution is 5.76. The Hall–Kier alpha value is -3.37. The van der Waals surface area contributed by atoms with E-state index in [1.165, 1.54) is 5.57 Å². The summed E-state index contributed by atoms with van der Waals surface area (Å²) in [5.41, 5.74) is 2.03. The zero-order valence-electron chi connectivity index (χ0n) is 29.2. The number of carbonyl (C=O) groups excluding carboxylic acids is 3. The lowest BCUT2D eigenvalue weighted by Crippen LogP contribution is -2.41. The summed E-state index contributed by atoms with van der Waals surface area (Å²) < 4.78 is 27.6. The van der Waals surface area contributed by atoms with Crippen molar-refractivity contribution in [3.05, 3.63) is 47.6 Å². The van der Waals surface area contributed by atoms with E-state index in [0.717, 1.165) is 18.4 Å². The molecule has 1 unspecified atom stereocenters. The summed E-state index contributed by atoms with van der Waals surface area (Å²) in [5.74, 6) is 0.819. The predicted molar refractivity (Wildman–Crippen MR) is 179 cm³/mol. The highest BCUT2D eigenvalue weighted by atomic mass is 16.6. The lowest BCUT2D eigenvalue weighted by molar-refractivity contribution is -0.158. The van der Waals surface area contributed by atoms with Crippen LogP contribution in [0, 0.1) is 29.6 Å². The van der Waals surface area contributed by atoms with E-state index in [1.54, 1.807) is 33.3 Å². The number of carbonyl (C=O) groups is 3. The van der Waals surface area contributed by atoms with E-state index in [1.807, 2.05) is 19.9 Å². The minimum Gasteiger partial charge on any atom is -0.493 e. The lowest BCUT2D eigenvalue weighted by Gasteiger charge is -2.43. The Labute approximate surface area is 280 Å². The van der Waals surface area contributed by atoms with Crippen LogP contribution in [-0.4, -0.2) is 68.7 Å². The van der Waals surface area contributed by atoms with E-state index >= 15 is 0 Å². The normalized spacial score (nSPS) is 23.8. The Bertz CT molecular complexity index is 1240. The molecule has 0 spiro atoms. The van der Waals surface area contributed by atoms with Gasteiger partial charge in [0.2, 0.25) is 5.91 Å². The highest BCUT2D eigenvalue weighted by Crippen LogP contribution is 2.45. The lowest BCUT2D eigenvalue weighted by atomic mass is 9.65. The molecule has 0 fully saturated rings. The summed E-state index contributed by atoms with van der Waals surface area (Å²) in [6.07, 6.45) is 7.81. The van der Waals surface area contributed by atoms with Gasteiger partial charge in [-0.1, -0.05) is 52.0 Å². The molecule has 2 aliphatic rings. The first-order valence-electron chi connectivity index (χ1n) is 17.0. The smallest absolute Gasteiger partial charge is 0.332 e. The topological polar surface area (TPSA) is 130 Å². The van der Waals surface area contributed by atoms with Crippen molar-refractivity contribution in [2.45, 2.75) is 98.0 Å². The fraction of sp³-hybridized carbons (Fsp3) is 0.649. The number of nitrogens with one attached hydrogen (secondary N) is 1. The van der Waals surface area contributed by atoms with Crippen LogP contribution in [0.15, 0.2) is 42.0 Å². The van der Waals surface area contributed by atoms with Crippen molar-refractivity contribution in [2.24, 2.45) is 29.6 Å². The van der Waals surface area contributed by atoms with Crippen molar-refractivity contribution in [1.82, 2.24) is 5.32 Å². The molecule has 10 nitrogen and oxygen atoms in total. The average Bonchev–Trinajstić information content (AvgIpc) is 3.05. The third kappa shape index (κ3) is 11.4. The molecule has 0 radical (unpaired) electrons. The van der Waals surface area contributed by atoms with Crippen LogP contribution in [0.4, 0.5) is 0 Å². The molecule has 0 aromatic heterocycles. The maximum absolute atomic E-state index is 13.0. The van der Waals surface area contributed by atoms with Gasteiger partial charge in [-0.25, -0.2) is 4.79 Å². The molecule has 1 aromatic rings. The second-order valence-electron chi connectivity index (χ2n) is 12.9. The van der Waals surface area contributed by atoms with Crippen molar-refractivity contribution in [3.63, 3.8) is 0 Å². The molecule has 1 aromatic carbocycles. The number of ether oxygens (including phenoxy) is 5. The van der Waals surface area contributed by atoms with Crippen LogP contribution in [0.3, 0.4) is 0 Å². The first-order chi connectivity index (χ1) is 22.5. The third-order valence-electron chi connectivity index (χ3n) is 9.34. The second kappa shape index (κ2) is 18.8. The molecule has 47 heavy (non-hydrogen) atoms. The summed E-state index contributed by atoms with van der Waals surface area (Å²) in [6, 6.07) is 5.41. The first-order valence-corrected chi connectivity index (χ1v) is 17.0. The fourth-order valence-corrected chi connectivity index (χ4v) is 6.53. The molecule has 0 aliphatic heterocycles. The summed E-state index contributed by atoms with van der Waals surface area (Å²) >= 11 is 0. The standard InChI is InChI=1S/C37H55NO9/c1-8-24(4)37(42)47-33-17-23(3)16-27-12-10-25(5)30(36(27)33)14-13-28(39)19-29(46-22-35(41)45-9-2)20-34(40)38-21-26-11-15-31(43-6)32(18-26)44-7/h10-12,15-16,18,23-25,28-30,33,36,39H,8-9,13-14,17,19-22H2,1-7H3,(H,38,40)/t23-,24-,25-,28+,29+,30-,33-,36?/m0/s1. The largest absolute Gasteiger partial charge is 0.493 e. The van der Waals surface area contributed by atoms with Crippen LogP contribution < -0.4 is 14.8 Å². The summed E-state index contributed by atoms with van der Waals surface area (Å²) in [5, 5.41) is 14.1. The molecule has 3 rings (SSSR count). The molecule has 0 bridgehead atoms. The third-order valence-corrected chi connectivity index (χ3v) is 9.34. The van der Waals surface area contributed by atoms with E-state index < -0.39 is 18.2 Å². The summed E-state index contributed by atoms with van der Waals surface area (Å²) in [4.78, 5) is 37.9. The molecule has 0 saturated heterocycles. The number of hydrogen-bond donors (Lipinski definition) is 2. The molecular formula is C37H55NO9. The highest BCUT2D eigenvalue weighted by Gasteiger charge is 2.41. The summed E-state index contributed by atoms with van der Waals surface area (Å²) in [6.45, 7) is 10.1. The zero-order valence-corrected chi connectivity index (χ0v) is 29.2. The maximum Gasteiger partial charge on any atom is 0.332 e. The molecular weight excluding hydrogens is 602 g/mol. The number of hydrogen-bond acceptors (Lipinski definition) is 9. The van der Waals surface area contributed by atoms with Gasteiger partial charge in [0.25, 0.3) is 0 Å². The molecule has 2 N–H and O–H groups in total. The van der Waals surface area contributed by atoms with Gasteiger partial charge in [-0.2, -0.15) is 0 Å². The Morgan fingerprint density at radius 2 is 1.83 bits per heavy atom. The van der Waals surface area contributed by atoms with Gasteiger partial charge in [0.05, 0.1) is 45.4 Å². The number of benzene rings is 1. The van der Waals surface area contributed by atoms with Gasteiger partial charge in [-0.3, -0.25) is 9.59 Å². The monoisotopic (exact) mass is 657 g/mol. The number of methoxy groups -OCH3 is 2. The van der Waals surface area contributed by atoms with E-state index in [4.69, 9.17) is 23.7 Å². The Balaban J connectivity index is 1.65. The van der Waals surface area contributed by atoms with Crippen LogP contribution in [0.2, 0.25) is 0 Å². The van der Waals surface area contributed by atoms with Gasteiger partial charge < -0.3 is 34.1 Å². The van der Waals surface area contributed by atoms with E-state index in [9.17, 15) is 19.5 Å². The Morgan fingerprint density at radius 1 is 1.09 bits per heavy atom. The SMILES string of the molecule is CCOC(=O)CO[C@@H](CC(=O)NCc1ccc(OC)c(OC)c1)C[C@H](O)CC[C@@H]1C2C(=C[C@H](C)C[C@@H]2OC(=O)[C@@H](C)CC)C=C[C@@H]1C. The maximum atomic E-state index is 13.0. The Kier molecular flexibility index (Phi) is 15.3. The van der Waals surface area contributed by atoms with Crippen LogP contribution in [0.5, 0.6) is 11.5 Å². The number of allylic oxidation sites excluding steroid dienone is 3. The molecule has 262 valence electrons. The Morgan fingerprint density at radius 3 is 2.51 bits per heavy atom. The zero-order chi connectivity index (χ0) is 34.5. The minimum absolute atomic E-state index is 0.0344. The molecule has 2 aliphatic carbocycles. The number of esters is 2. The van der Waals surface area contributed by atoms with Gasteiger partial charge in [0.15, 0.2) is 11.5 Å². The van der Waals surface area contributed by atoms with Crippen molar-refractivity contribution in [1.29, 1.82) is 0 Å². The number of rotatable bonds is 18. The van der Waals surface area contributed by atoms with E-state index in [2.05, 4.69) is 37.4 Å². The van der Waals surface area contributed by atoms with E-state index in [0.29, 0.717) is 30.3 Å². The van der Waals surface area contributed by atoms with Crippen molar-refractivity contribution < 1.29 is 43.2 Å². The van der Waals surface area contributed by atoms with Gasteiger partial charge >= 0.3 is 11.9 Å². The number of amides is 1. The van der Waals surface area contributed by atoms with Gasteiger partial charge in [0, 0.05) is 18.9 Å². The first kappa shape index (κ1) is 38.1. The molecule has 8 atom stereocenters. The number of aliphatic hydroxyl groups is 1. The van der Waals surface area contributed by atoms with Crippen molar-refractivity contribution in [3.8, 4) is 11.5 Å². The van der Waals surface area contributed by atoms with Crippen LogP contribution in [-0.2, 0) is 35.1 Å². The van der Waals surface area contributed by atoms with Gasteiger partial charge in [0.1, 0.15) is 12.7 Å².